The SMILES string of the molecule is C=C(c1ccc(N2CCNCC2)cc1C)C(C)C.CC=O. The van der Waals surface area contributed by atoms with E-state index in [2.05, 4.69) is 55.8 Å². The Labute approximate surface area is 129 Å². The summed E-state index contributed by atoms with van der Waals surface area (Å²) in [4.78, 5) is 11.3. The molecule has 1 saturated heterocycles. The molecule has 3 nitrogen and oxygen atoms in total. The molecule has 0 radical (unpaired) electrons. The molecule has 0 saturated carbocycles. The van der Waals surface area contributed by atoms with E-state index in [1.54, 1.807) is 0 Å². The molecule has 0 atom stereocenters. The third kappa shape index (κ3) is 5.01. The van der Waals surface area contributed by atoms with Gasteiger partial charge in [0.05, 0.1) is 0 Å². The number of allylic oxidation sites excluding steroid dienone is 1. The molecule has 1 N–H and O–H groups in total. The van der Waals surface area contributed by atoms with Gasteiger partial charge in [-0.1, -0.05) is 26.5 Å². The van der Waals surface area contributed by atoms with E-state index < -0.39 is 0 Å². The molecular formula is C18H28N2O. The van der Waals surface area contributed by atoms with E-state index in [-0.39, 0.29) is 0 Å². The lowest BCUT2D eigenvalue weighted by atomic mass is 9.93. The maximum Gasteiger partial charge on any atom is 0.116 e. The Bertz CT molecular complexity index is 474. The lowest BCUT2D eigenvalue weighted by Gasteiger charge is -2.30. The molecule has 1 aromatic rings. The first kappa shape index (κ1) is 17.4. The molecule has 0 spiro atoms. The molecular weight excluding hydrogens is 260 g/mol. The highest BCUT2D eigenvalue weighted by atomic mass is 16.1. The van der Waals surface area contributed by atoms with Gasteiger partial charge in [0.2, 0.25) is 0 Å². The van der Waals surface area contributed by atoms with E-state index in [1.165, 1.54) is 29.3 Å². The molecule has 3 heteroatoms. The van der Waals surface area contributed by atoms with Gasteiger partial charge < -0.3 is 15.0 Å². The molecule has 1 fully saturated rings. The number of anilines is 1. The summed E-state index contributed by atoms with van der Waals surface area (Å²) in [5.74, 6) is 0.508. The molecule has 2 rings (SSSR count). The zero-order chi connectivity index (χ0) is 15.8. The Morgan fingerprint density at radius 2 is 1.90 bits per heavy atom. The van der Waals surface area contributed by atoms with Crippen LogP contribution in [-0.4, -0.2) is 32.5 Å². The molecule has 1 aliphatic rings. The number of nitrogens with zero attached hydrogens (tertiary/aromatic N) is 1. The van der Waals surface area contributed by atoms with Gasteiger partial charge in [-0.2, -0.15) is 0 Å². The number of hydrogen-bond acceptors (Lipinski definition) is 3. The van der Waals surface area contributed by atoms with Crippen molar-refractivity contribution in [1.29, 1.82) is 0 Å². The van der Waals surface area contributed by atoms with Crippen LogP contribution in [0.2, 0.25) is 0 Å². The molecule has 0 bridgehead atoms. The van der Waals surface area contributed by atoms with Gasteiger partial charge in [-0.3, -0.25) is 0 Å². The summed E-state index contributed by atoms with van der Waals surface area (Å²) in [7, 11) is 0. The fourth-order valence-corrected chi connectivity index (χ4v) is 2.44. The largest absolute Gasteiger partial charge is 0.369 e. The molecule has 0 aliphatic carbocycles. The van der Waals surface area contributed by atoms with Crippen molar-refractivity contribution in [2.24, 2.45) is 5.92 Å². The van der Waals surface area contributed by atoms with Gasteiger partial charge in [0.15, 0.2) is 0 Å². The summed E-state index contributed by atoms with van der Waals surface area (Å²) in [5, 5.41) is 3.39. The minimum absolute atomic E-state index is 0.508. The van der Waals surface area contributed by atoms with Crippen LogP contribution in [0.4, 0.5) is 5.69 Å². The number of piperazine rings is 1. The van der Waals surface area contributed by atoms with Gasteiger partial charge in [0, 0.05) is 31.9 Å². The number of carbonyl (C=O) groups excluding carboxylic acids is 1. The van der Waals surface area contributed by atoms with E-state index in [9.17, 15) is 0 Å². The van der Waals surface area contributed by atoms with Crippen molar-refractivity contribution in [3.8, 4) is 0 Å². The molecule has 1 aliphatic heterocycles. The fourth-order valence-electron chi connectivity index (χ4n) is 2.44. The monoisotopic (exact) mass is 288 g/mol. The number of aryl methyl sites for hydroxylation is 1. The van der Waals surface area contributed by atoms with Crippen molar-refractivity contribution in [2.75, 3.05) is 31.1 Å². The van der Waals surface area contributed by atoms with E-state index in [4.69, 9.17) is 4.79 Å². The third-order valence-corrected chi connectivity index (χ3v) is 3.74. The van der Waals surface area contributed by atoms with Crippen molar-refractivity contribution in [2.45, 2.75) is 27.7 Å². The molecule has 116 valence electrons. The van der Waals surface area contributed by atoms with Crippen LogP contribution in [0.15, 0.2) is 24.8 Å². The zero-order valence-corrected chi connectivity index (χ0v) is 13.8. The molecule has 0 aromatic heterocycles. The summed E-state index contributed by atoms with van der Waals surface area (Å²) in [6, 6.07) is 6.77. The van der Waals surface area contributed by atoms with E-state index >= 15 is 0 Å². The molecule has 0 amide bonds. The standard InChI is InChI=1S/C16H24N2.C2H4O/c1-12(2)14(4)16-6-5-15(11-13(16)3)18-9-7-17-8-10-18;1-2-3/h5-6,11-12,17H,4,7-10H2,1-3H3;2H,1H3. The highest BCUT2D eigenvalue weighted by Crippen LogP contribution is 2.27. The first-order valence-electron chi connectivity index (χ1n) is 7.66. The van der Waals surface area contributed by atoms with Gasteiger partial charge in [-0.15, -0.1) is 0 Å². The van der Waals surface area contributed by atoms with Crippen molar-refractivity contribution < 1.29 is 4.79 Å². The number of carbonyl (C=O) groups is 1. The van der Waals surface area contributed by atoms with Crippen LogP contribution in [0, 0.1) is 12.8 Å². The number of aldehydes is 1. The quantitative estimate of drug-likeness (QED) is 0.866. The second-order valence-electron chi connectivity index (χ2n) is 5.65. The van der Waals surface area contributed by atoms with Gasteiger partial charge >= 0.3 is 0 Å². The van der Waals surface area contributed by atoms with Gasteiger partial charge in [0.1, 0.15) is 6.29 Å². The predicted octanol–water partition coefficient (Wildman–Crippen LogP) is 3.28. The Hall–Kier alpha value is -1.61. The Morgan fingerprint density at radius 1 is 1.33 bits per heavy atom. The van der Waals surface area contributed by atoms with Crippen LogP contribution in [0.3, 0.4) is 0 Å². The second kappa shape index (κ2) is 8.63. The van der Waals surface area contributed by atoms with Crippen LogP contribution < -0.4 is 10.2 Å². The van der Waals surface area contributed by atoms with Crippen LogP contribution in [-0.2, 0) is 4.79 Å². The average molecular weight is 288 g/mol. The molecule has 1 heterocycles. The van der Waals surface area contributed by atoms with Crippen LogP contribution >= 0.6 is 0 Å². The first-order chi connectivity index (χ1) is 10.0. The Morgan fingerprint density at radius 3 is 2.38 bits per heavy atom. The fraction of sp³-hybridized carbons (Fsp3) is 0.500. The lowest BCUT2D eigenvalue weighted by molar-refractivity contribution is -0.106. The average Bonchev–Trinajstić information content (AvgIpc) is 2.48. The van der Waals surface area contributed by atoms with Gasteiger partial charge in [0.25, 0.3) is 0 Å². The summed E-state index contributed by atoms with van der Waals surface area (Å²) in [5.41, 5.74) is 5.22. The molecule has 21 heavy (non-hydrogen) atoms. The summed E-state index contributed by atoms with van der Waals surface area (Å²) >= 11 is 0. The summed E-state index contributed by atoms with van der Waals surface area (Å²) in [6.07, 6.45) is 0.750. The Balaban J connectivity index is 0.000000677. The second-order valence-corrected chi connectivity index (χ2v) is 5.65. The van der Waals surface area contributed by atoms with Crippen LogP contribution in [0.1, 0.15) is 31.9 Å². The first-order valence-corrected chi connectivity index (χ1v) is 7.66. The molecule has 0 unspecified atom stereocenters. The maximum atomic E-state index is 8.81. The normalized spacial score (nSPS) is 14.4. The minimum atomic E-state index is 0.508. The van der Waals surface area contributed by atoms with E-state index in [0.29, 0.717) is 5.92 Å². The summed E-state index contributed by atoms with van der Waals surface area (Å²) in [6.45, 7) is 16.6. The number of nitrogens with one attached hydrogen (secondary N) is 1. The minimum Gasteiger partial charge on any atom is -0.369 e. The third-order valence-electron chi connectivity index (χ3n) is 3.74. The van der Waals surface area contributed by atoms with E-state index in [1.807, 2.05) is 0 Å². The van der Waals surface area contributed by atoms with Gasteiger partial charge in [-0.05, 0) is 48.6 Å². The topological polar surface area (TPSA) is 32.3 Å². The van der Waals surface area contributed by atoms with Crippen LogP contribution in [0.5, 0.6) is 0 Å². The zero-order valence-electron chi connectivity index (χ0n) is 13.8. The van der Waals surface area contributed by atoms with Crippen molar-refractivity contribution >= 4 is 17.5 Å². The van der Waals surface area contributed by atoms with Crippen LogP contribution in [0.25, 0.3) is 5.57 Å². The smallest absolute Gasteiger partial charge is 0.116 e. The predicted molar refractivity (Wildman–Crippen MR) is 91.9 cm³/mol. The number of hydrogen-bond donors (Lipinski definition) is 1. The van der Waals surface area contributed by atoms with Gasteiger partial charge in [-0.25, -0.2) is 0 Å². The Kier molecular flexibility index (Phi) is 7.17. The van der Waals surface area contributed by atoms with Crippen molar-refractivity contribution in [1.82, 2.24) is 5.32 Å². The number of benzene rings is 1. The lowest BCUT2D eigenvalue weighted by Crippen LogP contribution is -2.43. The number of rotatable bonds is 3. The highest BCUT2D eigenvalue weighted by molar-refractivity contribution is 5.70. The summed E-state index contributed by atoms with van der Waals surface area (Å²) < 4.78 is 0. The molecule has 1 aromatic carbocycles. The highest BCUT2D eigenvalue weighted by Gasteiger charge is 2.12. The maximum absolute atomic E-state index is 8.81. The van der Waals surface area contributed by atoms with Crippen molar-refractivity contribution in [3.63, 3.8) is 0 Å². The van der Waals surface area contributed by atoms with Crippen molar-refractivity contribution in [3.05, 3.63) is 35.9 Å². The van der Waals surface area contributed by atoms with E-state index in [0.717, 1.165) is 32.5 Å².